The summed E-state index contributed by atoms with van der Waals surface area (Å²) in [5, 5.41) is 3.37. The van der Waals surface area contributed by atoms with Gasteiger partial charge in [0, 0.05) is 6.21 Å². The van der Waals surface area contributed by atoms with Gasteiger partial charge in [0.25, 0.3) is 0 Å². The first-order valence-electron chi connectivity index (χ1n) is 2.17. The van der Waals surface area contributed by atoms with Gasteiger partial charge >= 0.3 is 0 Å². The van der Waals surface area contributed by atoms with Crippen LogP contribution in [0.2, 0.25) is 0 Å². The monoisotopic (exact) mass is 84.1 g/mol. The highest BCUT2D eigenvalue weighted by atomic mass is 15.1. The van der Waals surface area contributed by atoms with Gasteiger partial charge in [0.15, 0.2) is 0 Å². The first-order chi connectivity index (χ1) is 2.93. The Hall–Kier alpha value is -0.530. The van der Waals surface area contributed by atoms with Gasteiger partial charge in [0.2, 0.25) is 0 Å². The molecule has 2 heteroatoms. The lowest BCUT2D eigenvalue weighted by atomic mass is 10.5. The zero-order valence-electron chi connectivity index (χ0n) is 3.59. The van der Waals surface area contributed by atoms with Crippen molar-refractivity contribution in [2.75, 3.05) is 0 Å². The van der Waals surface area contributed by atoms with E-state index in [1.54, 1.807) is 6.21 Å². The number of nitrogens with zero attached hydrogens (tertiary/aromatic N) is 1. The number of hydrogen-bond donors (Lipinski definition) is 1. The molecule has 0 amide bonds. The van der Waals surface area contributed by atoms with E-state index >= 15 is 0 Å². The average Bonchev–Trinajstić information content (AvgIpc) is 2.21. The predicted molar refractivity (Wildman–Crippen MR) is 25.4 cm³/mol. The minimum Gasteiger partial charge on any atom is -0.324 e. The smallest absolute Gasteiger partial charge is 0.0271 e. The second-order valence-electron chi connectivity index (χ2n) is 1.64. The summed E-state index contributed by atoms with van der Waals surface area (Å²) >= 11 is 0. The van der Waals surface area contributed by atoms with Crippen LogP contribution in [0.5, 0.6) is 0 Å². The molecule has 34 valence electrons. The maximum absolute atomic E-state index is 4.84. The van der Waals surface area contributed by atoms with Gasteiger partial charge in [-0.1, -0.05) is 0 Å². The molecule has 0 aromatic carbocycles. The van der Waals surface area contributed by atoms with E-state index < -0.39 is 0 Å². The Morgan fingerprint density at radius 1 is 1.67 bits per heavy atom. The van der Waals surface area contributed by atoms with Gasteiger partial charge in [-0.15, -0.1) is 0 Å². The summed E-state index contributed by atoms with van der Waals surface area (Å²) < 4.78 is 0. The van der Waals surface area contributed by atoms with Crippen LogP contribution in [-0.2, 0) is 0 Å². The minimum atomic E-state index is 0.731. The Morgan fingerprint density at radius 2 is 2.33 bits per heavy atom. The highest BCUT2D eigenvalue weighted by molar-refractivity contribution is 5.63. The Morgan fingerprint density at radius 3 is 2.50 bits per heavy atom. The van der Waals surface area contributed by atoms with E-state index in [2.05, 4.69) is 5.10 Å². The van der Waals surface area contributed by atoms with E-state index in [1.165, 1.54) is 12.8 Å². The maximum atomic E-state index is 4.84. The van der Waals surface area contributed by atoms with Crippen LogP contribution in [0.3, 0.4) is 0 Å². The van der Waals surface area contributed by atoms with Crippen molar-refractivity contribution < 1.29 is 0 Å². The number of hydrogen-bond acceptors (Lipinski definition) is 2. The molecule has 1 aliphatic rings. The Kier molecular flexibility index (Phi) is 0.783. The third-order valence-electron chi connectivity index (χ3n) is 0.919. The van der Waals surface area contributed by atoms with Crippen LogP contribution >= 0.6 is 0 Å². The SMILES string of the molecule is N/N=C/C1CC1. The van der Waals surface area contributed by atoms with Gasteiger partial charge < -0.3 is 5.84 Å². The van der Waals surface area contributed by atoms with E-state index in [0.717, 1.165) is 5.92 Å². The molecule has 0 unspecified atom stereocenters. The lowest BCUT2D eigenvalue weighted by Gasteiger charge is -1.69. The fourth-order valence-corrected chi connectivity index (χ4v) is 0.367. The third kappa shape index (κ3) is 0.708. The standard InChI is InChI=1S/C4H8N2/c5-6-3-4-1-2-4/h3-4H,1-2,5H2/b6-3+. The largest absolute Gasteiger partial charge is 0.324 e. The van der Waals surface area contributed by atoms with E-state index in [1.807, 2.05) is 0 Å². The highest BCUT2D eigenvalue weighted by Gasteiger charge is 2.17. The summed E-state index contributed by atoms with van der Waals surface area (Å²) in [4.78, 5) is 0. The number of rotatable bonds is 1. The summed E-state index contributed by atoms with van der Waals surface area (Å²) in [6.45, 7) is 0. The molecule has 1 rings (SSSR count). The molecular formula is C4H8N2. The van der Waals surface area contributed by atoms with Gasteiger partial charge in [-0.05, 0) is 18.8 Å². The van der Waals surface area contributed by atoms with Gasteiger partial charge in [-0.2, -0.15) is 5.10 Å². The van der Waals surface area contributed by atoms with Crippen LogP contribution in [0.15, 0.2) is 5.10 Å². The van der Waals surface area contributed by atoms with Crippen LogP contribution in [0, 0.1) is 5.92 Å². The molecule has 2 N–H and O–H groups in total. The average molecular weight is 84.1 g/mol. The minimum absolute atomic E-state index is 0.731. The normalized spacial score (nSPS) is 22.7. The Labute approximate surface area is 37.0 Å². The van der Waals surface area contributed by atoms with Crippen LogP contribution in [0.25, 0.3) is 0 Å². The molecule has 0 aromatic rings. The molecule has 0 aromatic heterocycles. The molecule has 0 heterocycles. The Bertz CT molecular complexity index is 63.9. The van der Waals surface area contributed by atoms with Gasteiger partial charge in [0.05, 0.1) is 0 Å². The molecule has 0 saturated heterocycles. The zero-order valence-corrected chi connectivity index (χ0v) is 3.59. The zero-order chi connectivity index (χ0) is 4.41. The lowest BCUT2D eigenvalue weighted by Crippen LogP contribution is -1.82. The van der Waals surface area contributed by atoms with Gasteiger partial charge in [-0.25, -0.2) is 0 Å². The quantitative estimate of drug-likeness (QED) is 0.278. The van der Waals surface area contributed by atoms with Crippen molar-refractivity contribution in [3.63, 3.8) is 0 Å². The van der Waals surface area contributed by atoms with Crippen LogP contribution in [0.4, 0.5) is 0 Å². The fourth-order valence-electron chi connectivity index (χ4n) is 0.367. The summed E-state index contributed by atoms with van der Waals surface area (Å²) in [7, 11) is 0. The summed E-state index contributed by atoms with van der Waals surface area (Å²) in [5.74, 6) is 5.57. The van der Waals surface area contributed by atoms with Crippen molar-refractivity contribution in [2.24, 2.45) is 16.9 Å². The van der Waals surface area contributed by atoms with Crippen molar-refractivity contribution in [2.45, 2.75) is 12.8 Å². The molecular weight excluding hydrogens is 76.1 g/mol. The first kappa shape index (κ1) is 3.65. The third-order valence-corrected chi connectivity index (χ3v) is 0.919. The molecule has 0 aliphatic heterocycles. The van der Waals surface area contributed by atoms with Crippen LogP contribution in [-0.4, -0.2) is 6.21 Å². The highest BCUT2D eigenvalue weighted by Crippen LogP contribution is 2.25. The molecule has 6 heavy (non-hydrogen) atoms. The Balaban J connectivity index is 2.15. The van der Waals surface area contributed by atoms with Crippen molar-refractivity contribution in [3.05, 3.63) is 0 Å². The second kappa shape index (κ2) is 1.29. The molecule has 0 atom stereocenters. The van der Waals surface area contributed by atoms with Gasteiger partial charge in [0.1, 0.15) is 0 Å². The number of hydrazone groups is 1. The fraction of sp³-hybridized carbons (Fsp3) is 0.750. The molecule has 1 aliphatic carbocycles. The van der Waals surface area contributed by atoms with Crippen molar-refractivity contribution in [3.8, 4) is 0 Å². The topological polar surface area (TPSA) is 38.4 Å². The van der Waals surface area contributed by atoms with Crippen LogP contribution in [0.1, 0.15) is 12.8 Å². The number of nitrogens with two attached hydrogens (primary N) is 1. The maximum Gasteiger partial charge on any atom is 0.0271 e. The van der Waals surface area contributed by atoms with Gasteiger partial charge in [-0.3, -0.25) is 0 Å². The van der Waals surface area contributed by atoms with Crippen molar-refractivity contribution in [1.29, 1.82) is 0 Å². The first-order valence-corrected chi connectivity index (χ1v) is 2.17. The summed E-state index contributed by atoms with van der Waals surface area (Å²) in [6.07, 6.45) is 4.39. The molecule has 0 bridgehead atoms. The van der Waals surface area contributed by atoms with E-state index in [9.17, 15) is 0 Å². The van der Waals surface area contributed by atoms with E-state index in [-0.39, 0.29) is 0 Å². The van der Waals surface area contributed by atoms with Crippen molar-refractivity contribution >= 4 is 6.21 Å². The van der Waals surface area contributed by atoms with E-state index in [4.69, 9.17) is 5.84 Å². The molecule has 0 radical (unpaired) electrons. The van der Waals surface area contributed by atoms with Crippen LogP contribution < -0.4 is 5.84 Å². The summed E-state index contributed by atoms with van der Waals surface area (Å²) in [5.41, 5.74) is 0. The molecule has 0 spiro atoms. The van der Waals surface area contributed by atoms with Crippen molar-refractivity contribution in [1.82, 2.24) is 0 Å². The predicted octanol–water partition coefficient (Wildman–Crippen LogP) is 0.341. The lowest BCUT2D eigenvalue weighted by molar-refractivity contribution is 1.17. The molecule has 2 nitrogen and oxygen atoms in total. The second-order valence-corrected chi connectivity index (χ2v) is 1.64. The summed E-state index contributed by atoms with van der Waals surface area (Å²) in [6, 6.07) is 0. The molecule has 1 fully saturated rings. The molecule has 1 saturated carbocycles. The van der Waals surface area contributed by atoms with E-state index in [0.29, 0.717) is 0 Å².